The first-order valence-corrected chi connectivity index (χ1v) is 7.46. The van der Waals surface area contributed by atoms with Crippen molar-refractivity contribution in [2.24, 2.45) is 0 Å². The molecule has 5 heteroatoms. The first-order chi connectivity index (χ1) is 9.60. The first kappa shape index (κ1) is 15.1. The number of carbonyl (C=O) groups excluding carboxylic acids is 1. The number of likely N-dealkylation sites (tertiary alicyclic amines) is 1. The molecule has 0 saturated carbocycles. The van der Waals surface area contributed by atoms with E-state index in [-0.39, 0.29) is 5.91 Å². The van der Waals surface area contributed by atoms with Crippen molar-refractivity contribution in [1.82, 2.24) is 0 Å². The van der Waals surface area contributed by atoms with Crippen LogP contribution in [-0.4, -0.2) is 32.1 Å². The smallest absolute Gasteiger partial charge is 0.279 e. The Morgan fingerprint density at radius 1 is 1.50 bits per heavy atom. The normalized spacial score (nSPS) is 22.4. The summed E-state index contributed by atoms with van der Waals surface area (Å²) in [6.07, 6.45) is 3.67. The quantitative estimate of drug-likeness (QED) is 0.889. The zero-order valence-corrected chi connectivity index (χ0v) is 12.8. The third-order valence-electron chi connectivity index (χ3n) is 3.91. The third-order valence-corrected chi connectivity index (χ3v) is 4.14. The number of benzene rings is 1. The number of rotatable bonds is 4. The molecule has 1 fully saturated rings. The van der Waals surface area contributed by atoms with E-state index < -0.39 is 0 Å². The summed E-state index contributed by atoms with van der Waals surface area (Å²) in [5.74, 6) is 0.638. The summed E-state index contributed by atoms with van der Waals surface area (Å²) < 4.78 is 5.23. The fourth-order valence-corrected chi connectivity index (χ4v) is 2.87. The molecule has 110 valence electrons. The Labute approximate surface area is 125 Å². The van der Waals surface area contributed by atoms with Gasteiger partial charge in [-0.15, -0.1) is 0 Å². The van der Waals surface area contributed by atoms with Crippen molar-refractivity contribution < 1.29 is 14.4 Å². The zero-order valence-electron chi connectivity index (χ0n) is 12.0. The molecule has 0 aliphatic carbocycles. The highest BCUT2D eigenvalue weighted by Crippen LogP contribution is 2.27. The predicted octanol–water partition coefficient (Wildman–Crippen LogP) is 1.74. The summed E-state index contributed by atoms with van der Waals surface area (Å²) in [5.41, 5.74) is 0.633. The van der Waals surface area contributed by atoms with Gasteiger partial charge in [-0.05, 0) is 44.4 Å². The SMILES string of the molecule is COc1ccc(Cl)cc1NC(=O)C[NH+]1CCCC[C@@H]1C. The van der Waals surface area contributed by atoms with Gasteiger partial charge in [0, 0.05) is 5.02 Å². The van der Waals surface area contributed by atoms with E-state index >= 15 is 0 Å². The lowest BCUT2D eigenvalue weighted by Gasteiger charge is -2.29. The summed E-state index contributed by atoms with van der Waals surface area (Å²) in [7, 11) is 1.58. The van der Waals surface area contributed by atoms with Crippen molar-refractivity contribution in [3.8, 4) is 5.75 Å². The standard InChI is InChI=1S/C15H21ClN2O2/c1-11-5-3-4-8-18(11)10-15(19)17-13-9-12(16)6-7-14(13)20-2/h6-7,9,11H,3-5,8,10H2,1-2H3,(H,17,19)/p+1/t11-/m0/s1. The molecule has 0 spiro atoms. The fourth-order valence-electron chi connectivity index (χ4n) is 2.69. The molecule has 1 heterocycles. The van der Waals surface area contributed by atoms with E-state index in [1.807, 2.05) is 0 Å². The van der Waals surface area contributed by atoms with Crippen LogP contribution in [0.2, 0.25) is 5.02 Å². The molecule has 20 heavy (non-hydrogen) atoms. The number of hydrogen-bond acceptors (Lipinski definition) is 2. The van der Waals surface area contributed by atoms with Gasteiger partial charge in [-0.1, -0.05) is 11.6 Å². The number of anilines is 1. The van der Waals surface area contributed by atoms with E-state index in [4.69, 9.17) is 16.3 Å². The Morgan fingerprint density at radius 3 is 3.00 bits per heavy atom. The van der Waals surface area contributed by atoms with Crippen LogP contribution in [0.3, 0.4) is 0 Å². The zero-order chi connectivity index (χ0) is 14.5. The minimum Gasteiger partial charge on any atom is -0.495 e. The lowest BCUT2D eigenvalue weighted by atomic mass is 10.0. The van der Waals surface area contributed by atoms with Crippen LogP contribution in [-0.2, 0) is 4.79 Å². The van der Waals surface area contributed by atoms with Crippen molar-refractivity contribution in [2.45, 2.75) is 32.2 Å². The van der Waals surface area contributed by atoms with Crippen LogP contribution in [0, 0.1) is 0 Å². The number of piperidine rings is 1. The number of carbonyl (C=O) groups is 1. The summed E-state index contributed by atoms with van der Waals surface area (Å²) >= 11 is 5.96. The minimum absolute atomic E-state index is 0.00863. The molecule has 1 aliphatic rings. The van der Waals surface area contributed by atoms with Gasteiger partial charge in [0.1, 0.15) is 5.75 Å². The van der Waals surface area contributed by atoms with Gasteiger partial charge >= 0.3 is 0 Å². The highest BCUT2D eigenvalue weighted by Gasteiger charge is 2.24. The van der Waals surface area contributed by atoms with Crippen LogP contribution < -0.4 is 15.0 Å². The van der Waals surface area contributed by atoms with E-state index in [2.05, 4.69) is 12.2 Å². The second-order valence-corrected chi connectivity index (χ2v) is 5.81. The van der Waals surface area contributed by atoms with E-state index in [0.717, 1.165) is 6.54 Å². The number of ether oxygens (including phenoxy) is 1. The number of quaternary nitrogens is 1. The number of amides is 1. The molecule has 2 N–H and O–H groups in total. The van der Waals surface area contributed by atoms with Gasteiger partial charge in [-0.3, -0.25) is 4.79 Å². The van der Waals surface area contributed by atoms with Gasteiger partial charge in [0.2, 0.25) is 0 Å². The molecule has 1 unspecified atom stereocenters. The molecule has 0 bridgehead atoms. The van der Waals surface area contributed by atoms with Crippen molar-refractivity contribution >= 4 is 23.2 Å². The van der Waals surface area contributed by atoms with E-state index in [9.17, 15) is 4.79 Å². The van der Waals surface area contributed by atoms with Gasteiger partial charge in [0.15, 0.2) is 6.54 Å². The van der Waals surface area contributed by atoms with Crippen molar-refractivity contribution in [3.05, 3.63) is 23.2 Å². The molecule has 1 aromatic carbocycles. The van der Waals surface area contributed by atoms with Gasteiger partial charge in [-0.25, -0.2) is 0 Å². The Balaban J connectivity index is 1.99. The minimum atomic E-state index is 0.00863. The molecule has 1 aliphatic heterocycles. The second-order valence-electron chi connectivity index (χ2n) is 5.37. The van der Waals surface area contributed by atoms with Crippen LogP contribution in [0.15, 0.2) is 18.2 Å². The van der Waals surface area contributed by atoms with Crippen LogP contribution in [0.1, 0.15) is 26.2 Å². The highest BCUT2D eigenvalue weighted by molar-refractivity contribution is 6.31. The monoisotopic (exact) mass is 297 g/mol. The Kier molecular flexibility index (Phi) is 5.26. The summed E-state index contributed by atoms with van der Waals surface area (Å²) in [4.78, 5) is 13.5. The van der Waals surface area contributed by atoms with Gasteiger partial charge in [0.05, 0.1) is 25.4 Å². The molecule has 1 saturated heterocycles. The molecule has 0 radical (unpaired) electrons. The van der Waals surface area contributed by atoms with E-state index in [0.29, 0.717) is 29.0 Å². The van der Waals surface area contributed by atoms with Crippen molar-refractivity contribution in [3.63, 3.8) is 0 Å². The molecule has 1 amide bonds. The summed E-state index contributed by atoms with van der Waals surface area (Å²) in [5, 5.41) is 3.48. The lowest BCUT2D eigenvalue weighted by molar-refractivity contribution is -0.920. The number of hydrogen-bond donors (Lipinski definition) is 2. The number of nitrogens with one attached hydrogen (secondary N) is 2. The van der Waals surface area contributed by atoms with Gasteiger partial charge < -0.3 is 15.0 Å². The molecule has 4 nitrogen and oxygen atoms in total. The summed E-state index contributed by atoms with van der Waals surface area (Å²) in [6.45, 7) is 3.78. The Bertz CT molecular complexity index is 479. The van der Waals surface area contributed by atoms with Crippen LogP contribution in [0.4, 0.5) is 5.69 Å². The van der Waals surface area contributed by atoms with Crippen molar-refractivity contribution in [1.29, 1.82) is 0 Å². The van der Waals surface area contributed by atoms with Crippen molar-refractivity contribution in [2.75, 3.05) is 25.5 Å². The van der Waals surface area contributed by atoms with Gasteiger partial charge in [-0.2, -0.15) is 0 Å². The molecule has 0 aromatic heterocycles. The van der Waals surface area contributed by atoms with Gasteiger partial charge in [0.25, 0.3) is 5.91 Å². The topological polar surface area (TPSA) is 42.8 Å². The average molecular weight is 298 g/mol. The second kappa shape index (κ2) is 6.95. The predicted molar refractivity (Wildman–Crippen MR) is 80.6 cm³/mol. The largest absolute Gasteiger partial charge is 0.495 e. The van der Waals surface area contributed by atoms with Crippen LogP contribution in [0.5, 0.6) is 5.75 Å². The average Bonchev–Trinajstić information content (AvgIpc) is 2.41. The first-order valence-electron chi connectivity index (χ1n) is 7.08. The number of halogens is 1. The molecule has 1 aromatic rings. The van der Waals surface area contributed by atoms with E-state index in [1.165, 1.54) is 24.2 Å². The molecular weight excluding hydrogens is 276 g/mol. The maximum Gasteiger partial charge on any atom is 0.279 e. The number of methoxy groups -OCH3 is 1. The lowest BCUT2D eigenvalue weighted by Crippen LogP contribution is -3.17. The molecule has 2 atom stereocenters. The fraction of sp³-hybridized carbons (Fsp3) is 0.533. The third kappa shape index (κ3) is 3.87. The van der Waals surface area contributed by atoms with Crippen LogP contribution >= 0.6 is 11.6 Å². The van der Waals surface area contributed by atoms with E-state index in [1.54, 1.807) is 25.3 Å². The Morgan fingerprint density at radius 2 is 2.30 bits per heavy atom. The Hall–Kier alpha value is -1.26. The molecule has 2 rings (SSSR count). The highest BCUT2D eigenvalue weighted by atomic mass is 35.5. The molecular formula is C15H22ClN2O2+. The summed E-state index contributed by atoms with van der Waals surface area (Å²) in [6, 6.07) is 5.77. The maximum absolute atomic E-state index is 12.2. The maximum atomic E-state index is 12.2. The van der Waals surface area contributed by atoms with Crippen LogP contribution in [0.25, 0.3) is 0 Å².